The normalized spacial score (nSPS) is 12.7. The van der Waals surface area contributed by atoms with Crippen LogP contribution in [0.4, 0.5) is 24.7 Å². The first-order chi connectivity index (χ1) is 15.3. The largest absolute Gasteiger partial charge is 0.416 e. The standard InChI is InChI=1S/C23H19F3N4O2/c1-13-8-15(19(32)12-31)10-28-20(13)16-9-14-6-7-27-22(21(14)29-11-16)30-18-4-2-17(3-5-18)23(24,25)26/h2-11,19,31-32H,12H2,1H3,(H,27,30)/t19-/m1/s1. The van der Waals surface area contributed by atoms with Gasteiger partial charge in [0.2, 0.25) is 0 Å². The van der Waals surface area contributed by atoms with Crippen LogP contribution < -0.4 is 5.32 Å². The lowest BCUT2D eigenvalue weighted by atomic mass is 10.0. The number of alkyl halides is 3. The Morgan fingerprint density at radius 1 is 1.00 bits per heavy atom. The monoisotopic (exact) mass is 440 g/mol. The maximum atomic E-state index is 12.8. The summed E-state index contributed by atoms with van der Waals surface area (Å²) in [7, 11) is 0. The predicted octanol–water partition coefficient (Wildman–Crippen LogP) is 4.79. The van der Waals surface area contributed by atoms with Crippen LogP contribution in [0.25, 0.3) is 22.2 Å². The number of aryl methyl sites for hydroxylation is 1. The highest BCUT2D eigenvalue weighted by atomic mass is 19.4. The Morgan fingerprint density at radius 3 is 2.41 bits per heavy atom. The number of anilines is 2. The van der Waals surface area contributed by atoms with Crippen molar-refractivity contribution in [2.75, 3.05) is 11.9 Å². The van der Waals surface area contributed by atoms with Crippen LogP contribution in [0.5, 0.6) is 0 Å². The van der Waals surface area contributed by atoms with Gasteiger partial charge in [0.15, 0.2) is 5.82 Å². The van der Waals surface area contributed by atoms with Gasteiger partial charge in [-0.3, -0.25) is 9.97 Å². The average molecular weight is 440 g/mol. The van der Waals surface area contributed by atoms with E-state index < -0.39 is 17.8 Å². The van der Waals surface area contributed by atoms with Gasteiger partial charge in [-0.25, -0.2) is 4.98 Å². The van der Waals surface area contributed by atoms with Gasteiger partial charge in [-0.1, -0.05) is 0 Å². The van der Waals surface area contributed by atoms with Crippen LogP contribution in [-0.4, -0.2) is 31.8 Å². The van der Waals surface area contributed by atoms with E-state index >= 15 is 0 Å². The maximum Gasteiger partial charge on any atom is 0.416 e. The summed E-state index contributed by atoms with van der Waals surface area (Å²) < 4.78 is 38.3. The van der Waals surface area contributed by atoms with Gasteiger partial charge in [-0.05, 0) is 55.0 Å². The molecule has 4 aromatic rings. The molecule has 0 saturated heterocycles. The number of aliphatic hydroxyl groups is 2. The lowest BCUT2D eigenvalue weighted by Crippen LogP contribution is -2.05. The highest BCUT2D eigenvalue weighted by Crippen LogP contribution is 2.32. The molecule has 0 aliphatic rings. The van der Waals surface area contributed by atoms with E-state index in [0.717, 1.165) is 28.6 Å². The number of nitrogens with zero attached hydrogens (tertiary/aromatic N) is 3. The zero-order valence-corrected chi connectivity index (χ0v) is 16.9. The Bertz CT molecular complexity index is 1260. The van der Waals surface area contributed by atoms with E-state index in [4.69, 9.17) is 5.11 Å². The van der Waals surface area contributed by atoms with Crippen molar-refractivity contribution in [3.63, 3.8) is 0 Å². The van der Waals surface area contributed by atoms with Crippen molar-refractivity contribution >= 4 is 22.4 Å². The van der Waals surface area contributed by atoms with Gasteiger partial charge < -0.3 is 15.5 Å². The Labute approximate surface area is 181 Å². The minimum atomic E-state index is -4.39. The zero-order valence-electron chi connectivity index (χ0n) is 16.9. The lowest BCUT2D eigenvalue weighted by molar-refractivity contribution is -0.137. The number of hydrogen-bond acceptors (Lipinski definition) is 6. The topological polar surface area (TPSA) is 91.2 Å². The smallest absolute Gasteiger partial charge is 0.393 e. The van der Waals surface area contributed by atoms with E-state index in [9.17, 15) is 18.3 Å². The number of benzene rings is 1. The van der Waals surface area contributed by atoms with Crippen molar-refractivity contribution < 1.29 is 23.4 Å². The highest BCUT2D eigenvalue weighted by molar-refractivity contribution is 5.92. The number of fused-ring (bicyclic) bond motifs is 1. The molecule has 3 aromatic heterocycles. The van der Waals surface area contributed by atoms with Crippen molar-refractivity contribution in [2.45, 2.75) is 19.2 Å². The van der Waals surface area contributed by atoms with Gasteiger partial charge in [0, 0.05) is 40.8 Å². The summed E-state index contributed by atoms with van der Waals surface area (Å²) in [6.07, 6.45) is -0.651. The van der Waals surface area contributed by atoms with Crippen LogP contribution in [0.15, 0.2) is 61.1 Å². The van der Waals surface area contributed by atoms with Crippen LogP contribution in [0.1, 0.15) is 22.8 Å². The molecule has 3 N–H and O–H groups in total. The second-order valence-electron chi connectivity index (χ2n) is 7.29. The van der Waals surface area contributed by atoms with Crippen molar-refractivity contribution in [3.05, 3.63) is 77.7 Å². The Kier molecular flexibility index (Phi) is 5.77. The number of nitrogens with one attached hydrogen (secondary N) is 1. The van der Waals surface area contributed by atoms with Gasteiger partial charge in [-0.2, -0.15) is 13.2 Å². The Morgan fingerprint density at radius 2 is 1.75 bits per heavy atom. The Balaban J connectivity index is 1.64. The van der Waals surface area contributed by atoms with E-state index in [-0.39, 0.29) is 6.61 Å². The molecule has 3 heterocycles. The summed E-state index contributed by atoms with van der Waals surface area (Å²) in [5, 5.41) is 22.7. The SMILES string of the molecule is Cc1cc([C@H](O)CO)cnc1-c1cnc2c(Nc3ccc(C(F)(F)F)cc3)nccc2c1. The van der Waals surface area contributed by atoms with E-state index in [2.05, 4.69) is 20.3 Å². The van der Waals surface area contributed by atoms with Crippen molar-refractivity contribution in [2.24, 2.45) is 0 Å². The molecule has 4 rings (SSSR count). The third kappa shape index (κ3) is 4.39. The van der Waals surface area contributed by atoms with Crippen LogP contribution in [-0.2, 0) is 6.18 Å². The lowest BCUT2D eigenvalue weighted by Gasteiger charge is -2.12. The summed E-state index contributed by atoms with van der Waals surface area (Å²) in [6, 6.07) is 10.1. The molecule has 0 aliphatic carbocycles. The molecule has 0 radical (unpaired) electrons. The second kappa shape index (κ2) is 8.52. The molecule has 0 fully saturated rings. The van der Waals surface area contributed by atoms with Crippen LogP contribution in [0, 0.1) is 6.92 Å². The molecule has 0 saturated carbocycles. The molecule has 32 heavy (non-hydrogen) atoms. The first kappa shape index (κ1) is 21.7. The maximum absolute atomic E-state index is 12.8. The van der Waals surface area contributed by atoms with Gasteiger partial charge >= 0.3 is 6.18 Å². The fourth-order valence-electron chi connectivity index (χ4n) is 3.35. The van der Waals surface area contributed by atoms with Gasteiger partial charge in [0.25, 0.3) is 0 Å². The Hall–Kier alpha value is -3.56. The van der Waals surface area contributed by atoms with Gasteiger partial charge in [0.1, 0.15) is 11.6 Å². The molecular formula is C23H19F3N4O2. The molecular weight excluding hydrogens is 421 g/mol. The summed E-state index contributed by atoms with van der Waals surface area (Å²) in [5.41, 5.74) is 3.06. The number of pyridine rings is 3. The molecule has 164 valence electrons. The molecule has 1 atom stereocenters. The fraction of sp³-hybridized carbons (Fsp3) is 0.174. The van der Waals surface area contributed by atoms with Gasteiger partial charge in [0.05, 0.1) is 17.9 Å². The van der Waals surface area contributed by atoms with E-state index in [0.29, 0.717) is 28.3 Å². The fourth-order valence-corrected chi connectivity index (χ4v) is 3.35. The number of rotatable bonds is 5. The first-order valence-corrected chi connectivity index (χ1v) is 9.71. The number of halogens is 3. The van der Waals surface area contributed by atoms with E-state index in [1.165, 1.54) is 18.3 Å². The molecule has 9 heteroatoms. The minimum Gasteiger partial charge on any atom is -0.393 e. The van der Waals surface area contributed by atoms with Crippen molar-refractivity contribution in [3.8, 4) is 11.3 Å². The molecule has 0 unspecified atom stereocenters. The van der Waals surface area contributed by atoms with Crippen LogP contribution in [0.3, 0.4) is 0 Å². The van der Waals surface area contributed by atoms with E-state index in [1.807, 2.05) is 13.0 Å². The molecule has 0 aliphatic heterocycles. The molecule has 0 amide bonds. The third-order valence-corrected chi connectivity index (χ3v) is 5.00. The summed E-state index contributed by atoms with van der Waals surface area (Å²) >= 11 is 0. The molecule has 1 aromatic carbocycles. The van der Waals surface area contributed by atoms with Crippen LogP contribution in [0.2, 0.25) is 0 Å². The number of hydrogen-bond donors (Lipinski definition) is 3. The predicted molar refractivity (Wildman–Crippen MR) is 114 cm³/mol. The third-order valence-electron chi connectivity index (χ3n) is 5.00. The van der Waals surface area contributed by atoms with Crippen molar-refractivity contribution in [1.82, 2.24) is 15.0 Å². The highest BCUT2D eigenvalue weighted by Gasteiger charge is 2.30. The van der Waals surface area contributed by atoms with E-state index in [1.54, 1.807) is 24.5 Å². The summed E-state index contributed by atoms with van der Waals surface area (Å²) in [5.74, 6) is 0.417. The summed E-state index contributed by atoms with van der Waals surface area (Å²) in [4.78, 5) is 13.2. The average Bonchev–Trinajstić information content (AvgIpc) is 2.78. The second-order valence-corrected chi connectivity index (χ2v) is 7.29. The molecule has 6 nitrogen and oxygen atoms in total. The molecule has 0 spiro atoms. The number of aromatic nitrogens is 3. The minimum absolute atomic E-state index is 0.389. The quantitative estimate of drug-likeness (QED) is 0.413. The first-order valence-electron chi connectivity index (χ1n) is 9.71. The summed E-state index contributed by atoms with van der Waals surface area (Å²) in [6.45, 7) is 1.46. The van der Waals surface area contributed by atoms with Gasteiger partial charge in [-0.15, -0.1) is 0 Å². The molecule has 0 bridgehead atoms. The van der Waals surface area contributed by atoms with Crippen LogP contribution >= 0.6 is 0 Å². The van der Waals surface area contributed by atoms with Crippen molar-refractivity contribution in [1.29, 1.82) is 0 Å². The number of aliphatic hydroxyl groups excluding tert-OH is 2. The zero-order chi connectivity index (χ0) is 22.9.